The van der Waals surface area contributed by atoms with Crippen LogP contribution in [0.1, 0.15) is 35.5 Å². The SMILES string of the molecule is CCc1ccc(C(=O)[C@@H](C)OC(=O)/C=C/c2c(Cl)nc3ccccn23)cc1. The quantitative estimate of drug-likeness (QED) is 0.360. The normalized spacial score (nSPS) is 12.4. The molecule has 0 aliphatic carbocycles. The van der Waals surface area contributed by atoms with E-state index in [1.807, 2.05) is 37.3 Å². The van der Waals surface area contributed by atoms with Gasteiger partial charge in [-0.1, -0.05) is 48.9 Å². The lowest BCUT2D eigenvalue weighted by Crippen LogP contribution is -2.23. The van der Waals surface area contributed by atoms with Crippen molar-refractivity contribution in [2.45, 2.75) is 26.4 Å². The predicted molar refractivity (Wildman–Crippen MR) is 105 cm³/mol. The summed E-state index contributed by atoms with van der Waals surface area (Å²) in [5, 5.41) is 0.283. The molecule has 0 radical (unpaired) electrons. The number of pyridine rings is 1. The molecular weight excluding hydrogens is 364 g/mol. The number of imidazole rings is 1. The molecule has 6 heteroatoms. The molecule has 2 heterocycles. The van der Waals surface area contributed by atoms with Gasteiger partial charge in [0, 0.05) is 17.8 Å². The molecule has 2 aromatic heterocycles. The Bertz CT molecular complexity index is 1010. The summed E-state index contributed by atoms with van der Waals surface area (Å²) in [7, 11) is 0. The number of hydrogen-bond acceptors (Lipinski definition) is 4. The number of ether oxygens (including phenoxy) is 1. The molecule has 0 bridgehead atoms. The fraction of sp³-hybridized carbons (Fsp3) is 0.190. The van der Waals surface area contributed by atoms with Crippen LogP contribution in [0.2, 0.25) is 5.15 Å². The first-order chi connectivity index (χ1) is 13.0. The van der Waals surface area contributed by atoms with Crippen LogP contribution in [-0.2, 0) is 16.0 Å². The first-order valence-corrected chi connectivity index (χ1v) is 9.02. The van der Waals surface area contributed by atoms with Crippen molar-refractivity contribution in [3.8, 4) is 0 Å². The van der Waals surface area contributed by atoms with Crippen molar-refractivity contribution in [3.63, 3.8) is 0 Å². The minimum Gasteiger partial charge on any atom is -0.451 e. The van der Waals surface area contributed by atoms with E-state index >= 15 is 0 Å². The largest absolute Gasteiger partial charge is 0.451 e. The van der Waals surface area contributed by atoms with E-state index in [9.17, 15) is 9.59 Å². The highest BCUT2D eigenvalue weighted by molar-refractivity contribution is 6.31. The van der Waals surface area contributed by atoms with Crippen molar-refractivity contribution in [3.05, 3.63) is 76.7 Å². The van der Waals surface area contributed by atoms with Gasteiger partial charge >= 0.3 is 5.97 Å². The van der Waals surface area contributed by atoms with Gasteiger partial charge < -0.3 is 4.74 Å². The van der Waals surface area contributed by atoms with Gasteiger partial charge in [-0.15, -0.1) is 0 Å². The van der Waals surface area contributed by atoms with Gasteiger partial charge in [-0.3, -0.25) is 9.20 Å². The Morgan fingerprint density at radius 3 is 2.67 bits per heavy atom. The van der Waals surface area contributed by atoms with Crippen LogP contribution in [0.5, 0.6) is 0 Å². The van der Waals surface area contributed by atoms with Gasteiger partial charge in [0.15, 0.2) is 11.3 Å². The van der Waals surface area contributed by atoms with Gasteiger partial charge in [0.2, 0.25) is 5.78 Å². The lowest BCUT2D eigenvalue weighted by molar-refractivity contribution is -0.140. The summed E-state index contributed by atoms with van der Waals surface area (Å²) in [5.74, 6) is -0.866. The third kappa shape index (κ3) is 4.26. The Balaban J connectivity index is 1.68. The smallest absolute Gasteiger partial charge is 0.331 e. The second-order valence-electron chi connectivity index (χ2n) is 6.04. The molecule has 0 saturated heterocycles. The zero-order chi connectivity index (χ0) is 19.4. The van der Waals surface area contributed by atoms with Gasteiger partial charge in [0.1, 0.15) is 5.65 Å². The number of aryl methyl sites for hydroxylation is 1. The molecule has 0 N–H and O–H groups in total. The number of carbonyl (C=O) groups is 2. The van der Waals surface area contributed by atoms with Crippen molar-refractivity contribution in [2.24, 2.45) is 0 Å². The van der Waals surface area contributed by atoms with Crippen molar-refractivity contribution >= 4 is 35.1 Å². The van der Waals surface area contributed by atoms with E-state index < -0.39 is 12.1 Å². The van der Waals surface area contributed by atoms with Crippen LogP contribution >= 0.6 is 11.6 Å². The molecule has 0 aliphatic rings. The Kier molecular flexibility index (Phi) is 5.72. The molecule has 0 amide bonds. The molecule has 5 nitrogen and oxygen atoms in total. The first kappa shape index (κ1) is 18.9. The van der Waals surface area contributed by atoms with E-state index in [0.717, 1.165) is 12.0 Å². The maximum Gasteiger partial charge on any atom is 0.331 e. The van der Waals surface area contributed by atoms with E-state index in [0.29, 0.717) is 16.9 Å². The highest BCUT2D eigenvalue weighted by Crippen LogP contribution is 2.19. The summed E-state index contributed by atoms with van der Waals surface area (Å²) < 4.78 is 6.99. The number of aromatic nitrogens is 2. The van der Waals surface area contributed by atoms with Gasteiger partial charge in [0.05, 0.1) is 5.69 Å². The molecule has 3 aromatic rings. The number of fused-ring (bicyclic) bond motifs is 1. The minimum atomic E-state index is -0.882. The van der Waals surface area contributed by atoms with Crippen molar-refractivity contribution in [2.75, 3.05) is 0 Å². The van der Waals surface area contributed by atoms with Crippen LogP contribution in [0, 0.1) is 0 Å². The van der Waals surface area contributed by atoms with Crippen molar-refractivity contribution in [1.82, 2.24) is 9.38 Å². The molecule has 27 heavy (non-hydrogen) atoms. The Hall–Kier alpha value is -2.92. The van der Waals surface area contributed by atoms with Crippen molar-refractivity contribution < 1.29 is 14.3 Å². The maximum atomic E-state index is 12.4. The number of Topliss-reactive ketones (excluding diaryl/α,β-unsaturated/α-hetero) is 1. The van der Waals surface area contributed by atoms with Crippen LogP contribution in [0.3, 0.4) is 0 Å². The van der Waals surface area contributed by atoms with Gasteiger partial charge in [-0.2, -0.15) is 0 Å². The molecule has 0 fully saturated rings. The monoisotopic (exact) mass is 382 g/mol. The Labute approximate surface area is 162 Å². The number of carbonyl (C=O) groups excluding carboxylic acids is 2. The van der Waals surface area contributed by atoms with E-state index in [1.54, 1.807) is 29.7 Å². The number of esters is 1. The molecule has 138 valence electrons. The van der Waals surface area contributed by atoms with Crippen LogP contribution < -0.4 is 0 Å². The number of ketones is 1. The fourth-order valence-electron chi connectivity index (χ4n) is 2.69. The molecule has 3 rings (SSSR count). The second-order valence-corrected chi connectivity index (χ2v) is 6.40. The zero-order valence-electron chi connectivity index (χ0n) is 15.1. The van der Waals surface area contributed by atoms with E-state index in [-0.39, 0.29) is 10.9 Å². The average Bonchev–Trinajstić information content (AvgIpc) is 3.00. The summed E-state index contributed by atoms with van der Waals surface area (Å²) >= 11 is 6.12. The first-order valence-electron chi connectivity index (χ1n) is 8.64. The lowest BCUT2D eigenvalue weighted by atomic mass is 10.0. The molecule has 0 aliphatic heterocycles. The molecule has 0 spiro atoms. The van der Waals surface area contributed by atoms with Crippen molar-refractivity contribution in [1.29, 1.82) is 0 Å². The van der Waals surface area contributed by atoms with Gasteiger partial charge in [-0.25, -0.2) is 9.78 Å². The van der Waals surface area contributed by atoms with Crippen LogP contribution in [-0.4, -0.2) is 27.2 Å². The van der Waals surface area contributed by atoms with E-state index in [1.165, 1.54) is 12.2 Å². The topological polar surface area (TPSA) is 60.7 Å². The number of nitrogens with zero attached hydrogens (tertiary/aromatic N) is 2. The maximum absolute atomic E-state index is 12.4. The minimum absolute atomic E-state index is 0.243. The highest BCUT2D eigenvalue weighted by atomic mass is 35.5. The van der Waals surface area contributed by atoms with E-state index in [2.05, 4.69) is 4.98 Å². The standard InChI is InChI=1S/C21H19ClN2O3/c1-3-15-7-9-16(10-8-15)20(26)14(2)27-19(25)12-11-17-21(22)23-18-6-4-5-13-24(17)18/h4-14H,3H2,1-2H3/b12-11+/t14-/m1/s1. The summed E-state index contributed by atoms with van der Waals surface area (Å²) in [6, 6.07) is 12.8. The zero-order valence-corrected chi connectivity index (χ0v) is 15.8. The third-order valence-electron chi connectivity index (χ3n) is 4.21. The Morgan fingerprint density at radius 2 is 1.96 bits per heavy atom. The molecule has 1 aromatic carbocycles. The van der Waals surface area contributed by atoms with Gasteiger partial charge in [-0.05, 0) is 37.1 Å². The highest BCUT2D eigenvalue weighted by Gasteiger charge is 2.18. The third-order valence-corrected chi connectivity index (χ3v) is 4.49. The lowest BCUT2D eigenvalue weighted by Gasteiger charge is -2.11. The molecule has 1 atom stereocenters. The molecule has 0 saturated carbocycles. The second kappa shape index (κ2) is 8.18. The van der Waals surface area contributed by atoms with Gasteiger partial charge in [0.25, 0.3) is 0 Å². The Morgan fingerprint density at radius 1 is 1.22 bits per heavy atom. The van der Waals surface area contributed by atoms with Crippen LogP contribution in [0.25, 0.3) is 11.7 Å². The van der Waals surface area contributed by atoms with Crippen LogP contribution in [0.15, 0.2) is 54.7 Å². The summed E-state index contributed by atoms with van der Waals surface area (Å²) in [6.45, 7) is 3.60. The number of benzene rings is 1. The van der Waals surface area contributed by atoms with Crippen LogP contribution in [0.4, 0.5) is 0 Å². The number of rotatable bonds is 6. The predicted octanol–water partition coefficient (Wildman–Crippen LogP) is 4.38. The number of hydrogen-bond donors (Lipinski definition) is 0. The fourth-order valence-corrected chi connectivity index (χ4v) is 2.93. The summed E-state index contributed by atoms with van der Waals surface area (Å²) in [4.78, 5) is 28.7. The van der Waals surface area contributed by atoms with E-state index in [4.69, 9.17) is 16.3 Å². The average molecular weight is 383 g/mol. The number of halogens is 1. The summed E-state index contributed by atoms with van der Waals surface area (Å²) in [5.41, 5.74) is 2.90. The summed E-state index contributed by atoms with van der Waals surface area (Å²) in [6.07, 6.45) is 4.58. The molecular formula is C21H19ClN2O3. The molecule has 0 unspecified atom stereocenters.